The van der Waals surface area contributed by atoms with Crippen molar-refractivity contribution in [2.75, 3.05) is 5.43 Å². The Bertz CT molecular complexity index is 601. The van der Waals surface area contributed by atoms with Crippen LogP contribution in [-0.2, 0) is 0 Å². The number of nitrogens with one attached hydrogen (secondary N) is 1. The molecule has 1 aromatic heterocycles. The van der Waals surface area contributed by atoms with Crippen molar-refractivity contribution in [1.82, 2.24) is 4.98 Å². The molecule has 1 heterocycles. The van der Waals surface area contributed by atoms with E-state index in [0.717, 1.165) is 29.2 Å². The lowest BCUT2D eigenvalue weighted by atomic mass is 9.96. The number of aromatic nitrogens is 1. The molecule has 0 fully saturated rings. The molecule has 1 aliphatic carbocycles. The van der Waals surface area contributed by atoms with Gasteiger partial charge in [0.25, 0.3) is 0 Å². The molecule has 0 bridgehead atoms. The van der Waals surface area contributed by atoms with Gasteiger partial charge in [-0.15, -0.1) is 11.3 Å². The van der Waals surface area contributed by atoms with E-state index in [1.165, 1.54) is 6.42 Å². The minimum absolute atomic E-state index is 0.557. The molecule has 20 heavy (non-hydrogen) atoms. The average Bonchev–Trinajstić information content (AvgIpc) is 2.98. The molecule has 0 unspecified atom stereocenters. The van der Waals surface area contributed by atoms with E-state index in [1.807, 2.05) is 24.4 Å². The minimum Gasteiger partial charge on any atom is -0.253 e. The first-order valence-corrected chi connectivity index (χ1v) is 7.75. The van der Waals surface area contributed by atoms with Crippen LogP contribution in [0, 0.1) is 5.92 Å². The second kappa shape index (κ2) is 6.48. The Morgan fingerprint density at radius 3 is 2.95 bits per heavy atom. The highest BCUT2D eigenvalue weighted by Gasteiger charge is 2.07. The highest BCUT2D eigenvalue weighted by atomic mass is 32.1. The normalized spacial score (nSPS) is 18.5. The topological polar surface area (TPSA) is 37.3 Å². The summed E-state index contributed by atoms with van der Waals surface area (Å²) in [5.41, 5.74) is 5.17. The Morgan fingerprint density at radius 1 is 1.25 bits per heavy atom. The summed E-state index contributed by atoms with van der Waals surface area (Å²) in [5.74, 6) is 0.557. The number of hydrazone groups is 1. The van der Waals surface area contributed by atoms with Gasteiger partial charge in [0.1, 0.15) is 0 Å². The number of rotatable bonds is 4. The van der Waals surface area contributed by atoms with Gasteiger partial charge in [-0.1, -0.05) is 42.5 Å². The summed E-state index contributed by atoms with van der Waals surface area (Å²) in [4.78, 5) is 4.54. The summed E-state index contributed by atoms with van der Waals surface area (Å²) >= 11 is 1.58. The number of allylic oxidation sites excluding steroid dienone is 2. The van der Waals surface area contributed by atoms with Crippen molar-refractivity contribution in [2.45, 2.75) is 19.3 Å². The lowest BCUT2D eigenvalue weighted by Crippen LogP contribution is -2.04. The van der Waals surface area contributed by atoms with Gasteiger partial charge in [0.15, 0.2) is 0 Å². The van der Waals surface area contributed by atoms with E-state index in [-0.39, 0.29) is 0 Å². The molecule has 0 saturated carbocycles. The van der Waals surface area contributed by atoms with Gasteiger partial charge < -0.3 is 0 Å². The highest BCUT2D eigenvalue weighted by Crippen LogP contribution is 2.24. The molecule has 1 N–H and O–H groups in total. The number of thiazole rings is 1. The van der Waals surface area contributed by atoms with Gasteiger partial charge in [-0.2, -0.15) is 5.10 Å². The van der Waals surface area contributed by atoms with E-state index in [1.54, 1.807) is 11.3 Å². The fourth-order valence-corrected chi connectivity index (χ4v) is 2.89. The van der Waals surface area contributed by atoms with E-state index in [9.17, 15) is 0 Å². The van der Waals surface area contributed by atoms with Gasteiger partial charge >= 0.3 is 0 Å². The van der Waals surface area contributed by atoms with Gasteiger partial charge in [-0.25, -0.2) is 4.98 Å². The molecule has 0 saturated heterocycles. The van der Waals surface area contributed by atoms with E-state index in [4.69, 9.17) is 0 Å². The zero-order valence-electron chi connectivity index (χ0n) is 11.2. The van der Waals surface area contributed by atoms with Gasteiger partial charge in [-0.05, 0) is 25.2 Å². The first-order valence-electron chi connectivity index (χ1n) is 6.87. The number of hydrogen-bond acceptors (Lipinski definition) is 4. The molecule has 0 radical (unpaired) electrons. The molecule has 3 rings (SSSR count). The fraction of sp³-hybridized carbons (Fsp3) is 0.250. The predicted molar refractivity (Wildman–Crippen MR) is 86.1 cm³/mol. The van der Waals surface area contributed by atoms with Crippen LogP contribution >= 0.6 is 11.3 Å². The monoisotopic (exact) mass is 283 g/mol. The Kier molecular flexibility index (Phi) is 4.23. The van der Waals surface area contributed by atoms with Crippen LogP contribution < -0.4 is 5.43 Å². The van der Waals surface area contributed by atoms with Crippen LogP contribution in [0.3, 0.4) is 0 Å². The fourth-order valence-electron chi connectivity index (χ4n) is 2.22. The van der Waals surface area contributed by atoms with Crippen molar-refractivity contribution in [1.29, 1.82) is 0 Å². The molecule has 0 aliphatic heterocycles. The lowest BCUT2D eigenvalue weighted by Gasteiger charge is -2.11. The molecule has 2 aromatic rings. The molecule has 1 aromatic carbocycles. The third-order valence-electron chi connectivity index (χ3n) is 3.33. The summed E-state index contributed by atoms with van der Waals surface area (Å²) in [6.07, 6.45) is 9.92. The van der Waals surface area contributed by atoms with E-state index < -0.39 is 0 Å². The van der Waals surface area contributed by atoms with Crippen molar-refractivity contribution >= 4 is 22.7 Å². The molecule has 102 valence electrons. The number of hydrogen-bond donors (Lipinski definition) is 1. The predicted octanol–water partition coefficient (Wildman–Crippen LogP) is 4.56. The summed E-state index contributed by atoms with van der Waals surface area (Å²) < 4.78 is 0. The number of nitrogens with zero attached hydrogens (tertiary/aromatic N) is 2. The van der Waals surface area contributed by atoms with Crippen molar-refractivity contribution in [3.63, 3.8) is 0 Å². The maximum absolute atomic E-state index is 4.54. The highest BCUT2D eigenvalue weighted by molar-refractivity contribution is 7.14. The van der Waals surface area contributed by atoms with Crippen LogP contribution in [0.15, 0.2) is 53.0 Å². The largest absolute Gasteiger partial charge is 0.253 e. The summed E-state index contributed by atoms with van der Waals surface area (Å²) in [6, 6.07) is 10.2. The standard InChI is InChI=1S/C16H17N3S/c1-3-7-13(8-4-1)11-17-19-16-18-15(12-20-16)14-9-5-2-6-10-14/h1-3,5-6,9-13H,4,7-8H2,(H,18,19)/b17-11-/t13-/m1/s1. The van der Waals surface area contributed by atoms with Crippen LogP contribution in [0.5, 0.6) is 0 Å². The van der Waals surface area contributed by atoms with Crippen LogP contribution in [0.4, 0.5) is 5.13 Å². The molecular formula is C16H17N3S. The van der Waals surface area contributed by atoms with Crippen LogP contribution in [0.2, 0.25) is 0 Å². The first-order chi connectivity index (χ1) is 9.92. The van der Waals surface area contributed by atoms with E-state index >= 15 is 0 Å². The second-order valence-corrected chi connectivity index (χ2v) is 5.70. The van der Waals surface area contributed by atoms with Crippen molar-refractivity contribution in [3.05, 3.63) is 47.9 Å². The quantitative estimate of drug-likeness (QED) is 0.507. The average molecular weight is 283 g/mol. The van der Waals surface area contributed by atoms with Crippen LogP contribution in [0.1, 0.15) is 19.3 Å². The third kappa shape index (κ3) is 3.33. The first kappa shape index (κ1) is 13.1. The van der Waals surface area contributed by atoms with Crippen LogP contribution in [-0.4, -0.2) is 11.2 Å². The smallest absolute Gasteiger partial charge is 0.203 e. The minimum atomic E-state index is 0.557. The molecule has 3 nitrogen and oxygen atoms in total. The molecule has 4 heteroatoms. The Hall–Kier alpha value is -1.94. The molecular weight excluding hydrogens is 266 g/mol. The maximum Gasteiger partial charge on any atom is 0.203 e. The second-order valence-electron chi connectivity index (χ2n) is 4.84. The molecule has 0 spiro atoms. The molecule has 1 aliphatic rings. The maximum atomic E-state index is 4.54. The Morgan fingerprint density at radius 2 is 2.15 bits per heavy atom. The molecule has 1 atom stereocenters. The van der Waals surface area contributed by atoms with Gasteiger partial charge in [0.2, 0.25) is 5.13 Å². The third-order valence-corrected chi connectivity index (χ3v) is 4.08. The summed E-state index contributed by atoms with van der Waals surface area (Å²) in [5, 5.41) is 7.20. The SMILES string of the molecule is C1=CC[C@@H](/C=N\Nc2nc(-c3ccccc3)cs2)CC1. The number of benzene rings is 1. The Balaban J connectivity index is 1.60. The zero-order valence-corrected chi connectivity index (χ0v) is 12.0. The van der Waals surface area contributed by atoms with Crippen molar-refractivity contribution in [3.8, 4) is 11.3 Å². The van der Waals surface area contributed by atoms with E-state index in [0.29, 0.717) is 5.92 Å². The van der Waals surface area contributed by atoms with Crippen molar-refractivity contribution < 1.29 is 0 Å². The Labute approximate surface area is 123 Å². The molecule has 0 amide bonds. The zero-order chi connectivity index (χ0) is 13.6. The number of anilines is 1. The van der Waals surface area contributed by atoms with Gasteiger partial charge in [0, 0.05) is 17.2 Å². The summed E-state index contributed by atoms with van der Waals surface area (Å²) in [6.45, 7) is 0. The summed E-state index contributed by atoms with van der Waals surface area (Å²) in [7, 11) is 0. The van der Waals surface area contributed by atoms with Gasteiger partial charge in [0.05, 0.1) is 5.69 Å². The van der Waals surface area contributed by atoms with Crippen molar-refractivity contribution in [2.24, 2.45) is 11.0 Å². The van der Waals surface area contributed by atoms with Gasteiger partial charge in [-0.3, -0.25) is 5.43 Å². The van der Waals surface area contributed by atoms with Crippen LogP contribution in [0.25, 0.3) is 11.3 Å². The lowest BCUT2D eigenvalue weighted by molar-refractivity contribution is 0.627. The van der Waals surface area contributed by atoms with E-state index in [2.05, 4.69) is 45.2 Å².